The molecule has 21 heavy (non-hydrogen) atoms. The molecule has 2 aromatic rings. The fraction of sp³-hybridized carbons (Fsp3) is 0.400. The van der Waals surface area contributed by atoms with E-state index in [4.69, 9.17) is 5.11 Å². The largest absolute Gasteiger partial charge is 0.508 e. The Morgan fingerprint density at radius 1 is 1.33 bits per heavy atom. The topological polar surface area (TPSA) is 86.5 Å². The Hall–Kier alpha value is -2.21. The summed E-state index contributed by atoms with van der Waals surface area (Å²) in [7, 11) is 0. The average Bonchev–Trinajstić information content (AvgIpc) is 2.48. The van der Waals surface area contributed by atoms with Crippen LogP contribution in [0.4, 0.5) is 0 Å². The molecule has 1 aromatic heterocycles. The van der Waals surface area contributed by atoms with Gasteiger partial charge in [-0.3, -0.25) is 9.69 Å². The number of likely N-dealkylation sites (tertiary alicyclic amines) is 1. The third-order valence-corrected chi connectivity index (χ3v) is 3.92. The van der Waals surface area contributed by atoms with E-state index in [0.717, 1.165) is 29.8 Å². The number of fused-ring (bicyclic) bond motifs is 1. The molecule has 1 fully saturated rings. The molecule has 0 unspecified atom stereocenters. The molecule has 110 valence electrons. The van der Waals surface area contributed by atoms with Gasteiger partial charge in [0.25, 0.3) is 0 Å². The molecule has 0 bridgehead atoms. The zero-order chi connectivity index (χ0) is 14.8. The van der Waals surface area contributed by atoms with Crippen molar-refractivity contribution >= 4 is 16.9 Å². The third-order valence-electron chi connectivity index (χ3n) is 3.92. The summed E-state index contributed by atoms with van der Waals surface area (Å²) in [6.07, 6.45) is 3.06. The zero-order valence-electron chi connectivity index (χ0n) is 11.6. The lowest BCUT2D eigenvalue weighted by atomic mass is 9.97. The molecular formula is C15H17N3O3. The Bertz CT molecular complexity index is 666. The SMILES string of the molecule is O=C(O)C1CCN(Cc2ncc3cc(O)ccc3n2)CC1. The van der Waals surface area contributed by atoms with E-state index in [1.807, 2.05) is 0 Å². The Kier molecular flexibility index (Phi) is 3.70. The van der Waals surface area contributed by atoms with Crippen molar-refractivity contribution in [3.8, 4) is 5.75 Å². The lowest BCUT2D eigenvalue weighted by molar-refractivity contribution is -0.143. The Balaban J connectivity index is 1.68. The van der Waals surface area contributed by atoms with Crippen LogP contribution in [0.15, 0.2) is 24.4 Å². The number of aromatic nitrogens is 2. The zero-order valence-corrected chi connectivity index (χ0v) is 11.6. The summed E-state index contributed by atoms with van der Waals surface area (Å²) < 4.78 is 0. The fourth-order valence-electron chi connectivity index (χ4n) is 2.67. The van der Waals surface area contributed by atoms with Crippen molar-refractivity contribution in [1.29, 1.82) is 0 Å². The molecule has 6 nitrogen and oxygen atoms in total. The molecule has 0 aliphatic carbocycles. The monoisotopic (exact) mass is 287 g/mol. The smallest absolute Gasteiger partial charge is 0.306 e. The number of hydrogen-bond acceptors (Lipinski definition) is 5. The van der Waals surface area contributed by atoms with E-state index >= 15 is 0 Å². The van der Waals surface area contributed by atoms with Gasteiger partial charge in [-0.2, -0.15) is 0 Å². The minimum atomic E-state index is -0.698. The second-order valence-electron chi connectivity index (χ2n) is 5.42. The summed E-state index contributed by atoms with van der Waals surface area (Å²) >= 11 is 0. The van der Waals surface area contributed by atoms with E-state index in [1.165, 1.54) is 0 Å². The van der Waals surface area contributed by atoms with Crippen molar-refractivity contribution in [2.24, 2.45) is 5.92 Å². The van der Waals surface area contributed by atoms with Gasteiger partial charge in [0.15, 0.2) is 0 Å². The first kappa shape index (κ1) is 13.8. The van der Waals surface area contributed by atoms with Crippen molar-refractivity contribution < 1.29 is 15.0 Å². The van der Waals surface area contributed by atoms with Crippen LogP contribution < -0.4 is 0 Å². The first-order valence-electron chi connectivity index (χ1n) is 7.01. The van der Waals surface area contributed by atoms with E-state index in [9.17, 15) is 9.90 Å². The summed E-state index contributed by atoms with van der Waals surface area (Å²) in [4.78, 5) is 21.9. The Labute approximate surface area is 122 Å². The second-order valence-corrected chi connectivity index (χ2v) is 5.42. The maximum Gasteiger partial charge on any atom is 0.306 e. The number of aliphatic carboxylic acids is 1. The molecule has 1 aliphatic heterocycles. The number of phenolic OH excluding ortho intramolecular Hbond substituents is 1. The number of aromatic hydroxyl groups is 1. The van der Waals surface area contributed by atoms with Gasteiger partial charge in [0.05, 0.1) is 18.0 Å². The molecular weight excluding hydrogens is 270 g/mol. The molecule has 3 rings (SSSR count). The van der Waals surface area contributed by atoms with Gasteiger partial charge in [-0.15, -0.1) is 0 Å². The van der Waals surface area contributed by atoms with Gasteiger partial charge in [-0.1, -0.05) is 0 Å². The summed E-state index contributed by atoms with van der Waals surface area (Å²) in [5.41, 5.74) is 0.804. The number of hydrogen-bond donors (Lipinski definition) is 2. The van der Waals surface area contributed by atoms with Crippen LogP contribution in [0.2, 0.25) is 0 Å². The number of piperidine rings is 1. The minimum Gasteiger partial charge on any atom is -0.508 e. The molecule has 1 aliphatic rings. The van der Waals surface area contributed by atoms with Crippen LogP contribution >= 0.6 is 0 Å². The van der Waals surface area contributed by atoms with Crippen LogP contribution in [-0.4, -0.2) is 44.1 Å². The summed E-state index contributed by atoms with van der Waals surface area (Å²) in [5.74, 6) is 0.00900. The first-order valence-corrected chi connectivity index (χ1v) is 7.01. The minimum absolute atomic E-state index is 0.203. The van der Waals surface area contributed by atoms with Gasteiger partial charge in [0.1, 0.15) is 11.6 Å². The lowest BCUT2D eigenvalue weighted by Crippen LogP contribution is -2.36. The van der Waals surface area contributed by atoms with Gasteiger partial charge in [-0.25, -0.2) is 9.97 Å². The Morgan fingerprint density at radius 2 is 2.10 bits per heavy atom. The Morgan fingerprint density at radius 3 is 2.81 bits per heavy atom. The first-order chi connectivity index (χ1) is 10.1. The van der Waals surface area contributed by atoms with Gasteiger partial charge in [0, 0.05) is 11.6 Å². The number of rotatable bonds is 3. The predicted molar refractivity (Wildman–Crippen MR) is 76.8 cm³/mol. The highest BCUT2D eigenvalue weighted by Crippen LogP contribution is 2.20. The highest BCUT2D eigenvalue weighted by molar-refractivity contribution is 5.79. The van der Waals surface area contributed by atoms with E-state index in [-0.39, 0.29) is 11.7 Å². The summed E-state index contributed by atoms with van der Waals surface area (Å²) in [6.45, 7) is 2.14. The lowest BCUT2D eigenvalue weighted by Gasteiger charge is -2.29. The highest BCUT2D eigenvalue weighted by Gasteiger charge is 2.24. The van der Waals surface area contributed by atoms with Crippen LogP contribution in [0, 0.1) is 5.92 Å². The quantitative estimate of drug-likeness (QED) is 0.892. The molecule has 2 heterocycles. The van der Waals surface area contributed by atoms with Crippen LogP contribution in [0.1, 0.15) is 18.7 Å². The number of nitrogens with zero attached hydrogens (tertiary/aromatic N) is 3. The number of phenols is 1. The molecule has 1 saturated heterocycles. The standard InChI is InChI=1S/C15H17N3O3/c19-12-1-2-13-11(7-12)8-16-14(17-13)9-18-5-3-10(4-6-18)15(20)21/h1-2,7-8,10,19H,3-6,9H2,(H,20,21). The molecule has 0 saturated carbocycles. The maximum atomic E-state index is 10.9. The summed E-state index contributed by atoms with van der Waals surface area (Å²) in [6, 6.07) is 5.02. The average molecular weight is 287 g/mol. The van der Waals surface area contributed by atoms with Crippen molar-refractivity contribution in [2.45, 2.75) is 19.4 Å². The van der Waals surface area contributed by atoms with E-state index in [0.29, 0.717) is 19.4 Å². The van der Waals surface area contributed by atoms with Gasteiger partial charge < -0.3 is 10.2 Å². The molecule has 0 spiro atoms. The molecule has 0 amide bonds. The molecule has 0 atom stereocenters. The van der Waals surface area contributed by atoms with Gasteiger partial charge in [0.2, 0.25) is 0 Å². The number of benzene rings is 1. The molecule has 1 aromatic carbocycles. The predicted octanol–water partition coefficient (Wildman–Crippen LogP) is 1.63. The van der Waals surface area contributed by atoms with Crippen molar-refractivity contribution in [3.05, 3.63) is 30.2 Å². The van der Waals surface area contributed by atoms with Crippen LogP contribution in [-0.2, 0) is 11.3 Å². The third kappa shape index (κ3) is 3.11. The highest BCUT2D eigenvalue weighted by atomic mass is 16.4. The second kappa shape index (κ2) is 5.65. The van der Waals surface area contributed by atoms with Crippen LogP contribution in [0.25, 0.3) is 10.9 Å². The van der Waals surface area contributed by atoms with Gasteiger partial charge in [-0.05, 0) is 44.1 Å². The molecule has 6 heteroatoms. The van der Waals surface area contributed by atoms with Crippen LogP contribution in [0.5, 0.6) is 5.75 Å². The van der Waals surface area contributed by atoms with E-state index in [1.54, 1.807) is 24.4 Å². The number of carbonyl (C=O) groups is 1. The van der Waals surface area contributed by atoms with Crippen molar-refractivity contribution in [3.63, 3.8) is 0 Å². The van der Waals surface area contributed by atoms with E-state index in [2.05, 4.69) is 14.9 Å². The molecule has 0 radical (unpaired) electrons. The number of carboxylic acids is 1. The number of carboxylic acid groups (broad SMARTS) is 1. The van der Waals surface area contributed by atoms with Crippen molar-refractivity contribution in [2.75, 3.05) is 13.1 Å². The van der Waals surface area contributed by atoms with Crippen molar-refractivity contribution in [1.82, 2.24) is 14.9 Å². The van der Waals surface area contributed by atoms with Gasteiger partial charge >= 0.3 is 5.97 Å². The fourth-order valence-corrected chi connectivity index (χ4v) is 2.67. The van der Waals surface area contributed by atoms with Crippen LogP contribution in [0.3, 0.4) is 0 Å². The normalized spacial score (nSPS) is 17.1. The maximum absolute atomic E-state index is 10.9. The molecule has 2 N–H and O–H groups in total. The van der Waals surface area contributed by atoms with E-state index < -0.39 is 5.97 Å². The summed E-state index contributed by atoms with van der Waals surface area (Å²) in [5, 5.41) is 19.2.